The fraction of sp³-hybridized carbons (Fsp3) is 0.174. The van der Waals surface area contributed by atoms with Crippen molar-refractivity contribution in [2.24, 2.45) is 20.0 Å². The van der Waals surface area contributed by atoms with Crippen LogP contribution in [0, 0.1) is 27.7 Å². The Morgan fingerprint density at radius 1 is 0.407 bits per heavy atom. The van der Waals surface area contributed by atoms with E-state index in [4.69, 9.17) is 30.2 Å². The van der Waals surface area contributed by atoms with E-state index < -0.39 is 0 Å². The summed E-state index contributed by atoms with van der Waals surface area (Å²) < 4.78 is 0. The summed E-state index contributed by atoms with van der Waals surface area (Å²) in [6.07, 6.45) is 0. The molecule has 10 nitrogen and oxygen atoms in total. The number of benzene rings is 4. The van der Waals surface area contributed by atoms with Gasteiger partial charge in [0.05, 0.1) is 68.4 Å². The van der Waals surface area contributed by atoms with E-state index in [2.05, 4.69) is 20.0 Å². The Kier molecular flexibility index (Phi) is 16.9. The molecule has 59 heavy (non-hydrogen) atoms. The van der Waals surface area contributed by atoms with Crippen molar-refractivity contribution in [1.29, 1.82) is 0 Å². The molecule has 0 bridgehead atoms. The molecule has 2 aromatic heterocycles. The summed E-state index contributed by atoms with van der Waals surface area (Å²) in [5.74, 6) is 0.910. The Balaban J connectivity index is 0.000000244. The maximum absolute atomic E-state index is 9.55. The zero-order valence-corrected chi connectivity index (χ0v) is 36.6. The van der Waals surface area contributed by atoms with E-state index in [9.17, 15) is 20.4 Å². The summed E-state index contributed by atoms with van der Waals surface area (Å²) >= 11 is 0.194. The first-order valence-corrected chi connectivity index (χ1v) is 21.3. The average Bonchev–Trinajstić information content (AvgIpc) is 3.19. The summed E-state index contributed by atoms with van der Waals surface area (Å²) in [6, 6.07) is 31.9. The van der Waals surface area contributed by atoms with Crippen LogP contribution < -0.4 is 0 Å². The molecule has 0 aliphatic carbocycles. The van der Waals surface area contributed by atoms with Crippen LogP contribution in [0.3, 0.4) is 0 Å². The second-order valence-corrected chi connectivity index (χ2v) is 15.4. The van der Waals surface area contributed by atoms with Crippen LogP contribution in [0.5, 0.6) is 23.0 Å². The minimum atomic E-state index is 0.194. The van der Waals surface area contributed by atoms with Crippen molar-refractivity contribution < 1.29 is 33.6 Å². The number of nitrogens with zero attached hydrogens (tertiary/aromatic N) is 6. The standard InChI is InChI=1S/2C23H23N3O2.2ClH.Fe/c2*1-14-12-18(27)8-10-20(14)24-16(3)22-6-5-7-23(26-22)17(4)25-21-11-9-19(28)13-15(21)2;;;/h2*5-13,27-28H,1-4H3;2*1H;/q;;;;+2/p-2. The molecular weight excluding hydrogens is 827 g/mol. The molecule has 0 spiro atoms. The summed E-state index contributed by atoms with van der Waals surface area (Å²) in [7, 11) is 9.53. The van der Waals surface area contributed by atoms with E-state index in [-0.39, 0.29) is 36.1 Å². The van der Waals surface area contributed by atoms with Gasteiger partial charge >= 0.3 is 33.3 Å². The molecule has 4 N–H and O–H groups in total. The number of aliphatic imine (C=N–C) groups is 4. The number of aromatic nitrogens is 2. The number of hydrogen-bond acceptors (Lipinski definition) is 10. The molecule has 0 aliphatic rings. The Morgan fingerprint density at radius 3 is 0.797 bits per heavy atom. The molecule has 2 heterocycles. The molecule has 0 aliphatic heterocycles. The van der Waals surface area contributed by atoms with Crippen LogP contribution in [0.25, 0.3) is 0 Å². The van der Waals surface area contributed by atoms with Gasteiger partial charge in [-0.3, -0.25) is 20.0 Å². The number of phenols is 4. The number of pyridine rings is 2. The summed E-state index contributed by atoms with van der Waals surface area (Å²) in [5, 5.41) is 38.2. The third-order valence-corrected chi connectivity index (χ3v) is 8.86. The van der Waals surface area contributed by atoms with Gasteiger partial charge in [0.1, 0.15) is 23.0 Å². The summed E-state index contributed by atoms with van der Waals surface area (Å²) in [5.41, 5.74) is 13.0. The SMILES string of the molecule is CC(=Nc1ccc(O)cc1C)c1cccc(C(C)=Nc2ccc(O)cc2C)n1.CC(=Nc1ccc(O)cc1C)c1cccc(C(C)=Nc2ccc(O)cc2C)n1.[Cl][Fe][Cl]. The normalized spacial score (nSPS) is 12.0. The second-order valence-electron chi connectivity index (χ2n) is 13.5. The molecule has 0 radical (unpaired) electrons. The van der Waals surface area contributed by atoms with Crippen LogP contribution in [0.4, 0.5) is 22.7 Å². The van der Waals surface area contributed by atoms with E-state index in [1.54, 1.807) is 72.8 Å². The Hall–Kier alpha value is -5.84. The Bertz CT molecular complexity index is 2220. The van der Waals surface area contributed by atoms with Gasteiger partial charge in [0.2, 0.25) is 0 Å². The van der Waals surface area contributed by atoms with Crippen LogP contribution in [-0.4, -0.2) is 53.2 Å². The third kappa shape index (κ3) is 13.6. The predicted molar refractivity (Wildman–Crippen MR) is 239 cm³/mol. The molecule has 6 aromatic rings. The number of rotatable bonds is 8. The summed E-state index contributed by atoms with van der Waals surface area (Å²) in [4.78, 5) is 28.0. The summed E-state index contributed by atoms with van der Waals surface area (Å²) in [6.45, 7) is 15.3. The number of hydrogen-bond donors (Lipinski definition) is 4. The predicted octanol–water partition coefficient (Wildman–Crippen LogP) is 12.2. The molecule has 0 saturated carbocycles. The zero-order chi connectivity index (χ0) is 43.2. The number of aromatic hydroxyl groups is 4. The van der Waals surface area contributed by atoms with Gasteiger partial charge in [-0.05, 0) is 175 Å². The van der Waals surface area contributed by atoms with E-state index >= 15 is 0 Å². The van der Waals surface area contributed by atoms with E-state index in [0.29, 0.717) is 0 Å². The molecule has 0 amide bonds. The molecular formula is C46H46Cl2FeN6O4. The van der Waals surface area contributed by atoms with Gasteiger partial charge in [-0.15, -0.1) is 0 Å². The van der Waals surface area contributed by atoms with Crippen molar-refractivity contribution in [3.8, 4) is 23.0 Å². The van der Waals surface area contributed by atoms with Gasteiger partial charge in [-0.1, -0.05) is 12.1 Å². The molecule has 6 rings (SSSR count). The average molecular weight is 874 g/mol. The van der Waals surface area contributed by atoms with Crippen LogP contribution in [-0.2, 0) is 13.1 Å². The fourth-order valence-electron chi connectivity index (χ4n) is 5.69. The third-order valence-electron chi connectivity index (χ3n) is 8.86. The van der Waals surface area contributed by atoms with E-state index in [1.165, 1.54) is 0 Å². The first-order valence-electron chi connectivity index (χ1n) is 18.3. The fourth-order valence-corrected chi connectivity index (χ4v) is 5.69. The molecule has 306 valence electrons. The maximum atomic E-state index is 9.55. The van der Waals surface area contributed by atoms with Crippen molar-refractivity contribution in [3.05, 3.63) is 154 Å². The molecule has 0 saturated heterocycles. The Morgan fingerprint density at radius 2 is 0.610 bits per heavy atom. The first kappa shape index (κ1) is 45.9. The van der Waals surface area contributed by atoms with Crippen LogP contribution in [0.1, 0.15) is 72.7 Å². The van der Waals surface area contributed by atoms with Crippen LogP contribution in [0.15, 0.2) is 129 Å². The Labute approximate surface area is 360 Å². The van der Waals surface area contributed by atoms with Crippen LogP contribution in [0.2, 0.25) is 0 Å². The van der Waals surface area contributed by atoms with Crippen LogP contribution >= 0.6 is 20.2 Å². The number of aryl methyl sites for hydroxylation is 4. The second kappa shape index (κ2) is 21.8. The molecule has 13 heteroatoms. The van der Waals surface area contributed by atoms with Gasteiger partial charge in [0, 0.05) is 0 Å². The van der Waals surface area contributed by atoms with Gasteiger partial charge < -0.3 is 20.4 Å². The van der Waals surface area contributed by atoms with Gasteiger partial charge in [-0.25, -0.2) is 9.97 Å². The van der Waals surface area contributed by atoms with Crippen molar-refractivity contribution >= 4 is 65.8 Å². The van der Waals surface area contributed by atoms with Gasteiger partial charge in [0.15, 0.2) is 0 Å². The zero-order valence-electron chi connectivity index (χ0n) is 34.0. The first-order chi connectivity index (χ1) is 28.1. The van der Waals surface area contributed by atoms with Crippen molar-refractivity contribution in [2.45, 2.75) is 55.4 Å². The topological polar surface area (TPSA) is 156 Å². The molecule has 4 aromatic carbocycles. The van der Waals surface area contributed by atoms with Gasteiger partial charge in [0.25, 0.3) is 0 Å². The monoisotopic (exact) mass is 872 g/mol. The quantitative estimate of drug-likeness (QED) is 0.0881. The van der Waals surface area contributed by atoms with Crippen molar-refractivity contribution in [1.82, 2.24) is 9.97 Å². The van der Waals surface area contributed by atoms with Crippen molar-refractivity contribution in [3.63, 3.8) is 0 Å². The van der Waals surface area contributed by atoms with Gasteiger partial charge in [-0.2, -0.15) is 0 Å². The number of phenolic OH excluding ortho intramolecular Hbond substituents is 4. The molecule has 0 unspecified atom stereocenters. The molecule has 0 fully saturated rings. The van der Waals surface area contributed by atoms with E-state index in [1.807, 2.05) is 91.8 Å². The minimum absolute atomic E-state index is 0.194. The molecule has 0 atom stereocenters. The van der Waals surface area contributed by atoms with Crippen molar-refractivity contribution in [2.75, 3.05) is 0 Å². The number of halogens is 2. The van der Waals surface area contributed by atoms with E-state index in [0.717, 1.165) is 90.6 Å².